The smallest absolute Gasteiger partial charge is 0.416 e. The fourth-order valence-electron chi connectivity index (χ4n) is 3.68. The summed E-state index contributed by atoms with van der Waals surface area (Å²) < 4.78 is 50.4. The fraction of sp³-hybridized carbons (Fsp3) is 0.333. The van der Waals surface area contributed by atoms with E-state index in [4.69, 9.17) is 9.47 Å². The monoisotopic (exact) mass is 420 g/mol. The second-order valence-corrected chi connectivity index (χ2v) is 7.25. The molecule has 1 fully saturated rings. The first-order chi connectivity index (χ1) is 14.2. The Morgan fingerprint density at radius 3 is 2.60 bits per heavy atom. The van der Waals surface area contributed by atoms with Crippen molar-refractivity contribution in [2.45, 2.75) is 18.3 Å². The second-order valence-electron chi connectivity index (χ2n) is 7.25. The number of carbonyl (C=O) groups is 2. The number of fused-ring (bicyclic) bond motifs is 2. The third kappa shape index (κ3) is 3.79. The van der Waals surface area contributed by atoms with E-state index in [0.717, 1.165) is 18.2 Å². The van der Waals surface area contributed by atoms with E-state index in [1.165, 1.54) is 16.8 Å². The van der Waals surface area contributed by atoms with Crippen LogP contribution < -0.4 is 9.47 Å². The zero-order chi connectivity index (χ0) is 21.5. The van der Waals surface area contributed by atoms with Gasteiger partial charge in [-0.3, -0.25) is 9.59 Å². The topological polar surface area (TPSA) is 59.1 Å². The van der Waals surface area contributed by atoms with Gasteiger partial charge in [-0.2, -0.15) is 13.2 Å². The molecule has 0 bridgehead atoms. The molecule has 0 N–H and O–H groups in total. The van der Waals surface area contributed by atoms with Crippen molar-refractivity contribution in [3.63, 3.8) is 0 Å². The van der Waals surface area contributed by atoms with Crippen LogP contribution in [-0.2, 0) is 11.0 Å². The number of hydrogen-bond acceptors (Lipinski definition) is 4. The molecule has 2 aromatic carbocycles. The Morgan fingerprint density at radius 1 is 1.17 bits per heavy atom. The van der Waals surface area contributed by atoms with Gasteiger partial charge in [0.15, 0.2) is 6.61 Å². The number of carbonyl (C=O) groups excluding carboxylic acids is 2. The van der Waals surface area contributed by atoms with Crippen LogP contribution in [0.1, 0.15) is 15.9 Å². The Labute approximate surface area is 170 Å². The van der Waals surface area contributed by atoms with Gasteiger partial charge in [-0.25, -0.2) is 0 Å². The molecule has 0 radical (unpaired) electrons. The van der Waals surface area contributed by atoms with Gasteiger partial charge in [0, 0.05) is 13.6 Å². The van der Waals surface area contributed by atoms with Crippen molar-refractivity contribution in [1.82, 2.24) is 9.80 Å². The van der Waals surface area contributed by atoms with E-state index in [9.17, 15) is 22.8 Å². The number of likely N-dealkylation sites (N-methyl/N-ethyl adjacent to an activating group) is 1. The highest BCUT2D eigenvalue weighted by atomic mass is 19.4. The van der Waals surface area contributed by atoms with Crippen molar-refractivity contribution < 1.29 is 32.2 Å². The van der Waals surface area contributed by atoms with Gasteiger partial charge < -0.3 is 19.3 Å². The van der Waals surface area contributed by atoms with E-state index in [0.29, 0.717) is 5.75 Å². The van der Waals surface area contributed by atoms with E-state index >= 15 is 0 Å². The predicted octanol–water partition coefficient (Wildman–Crippen LogP) is 2.83. The molecule has 30 heavy (non-hydrogen) atoms. The molecule has 4 rings (SSSR count). The number of amides is 2. The molecule has 0 aliphatic carbocycles. The lowest BCUT2D eigenvalue weighted by atomic mass is 10.1. The average Bonchev–Trinajstić information content (AvgIpc) is 3.11. The summed E-state index contributed by atoms with van der Waals surface area (Å²) in [6.45, 7) is 0.260. The van der Waals surface area contributed by atoms with Gasteiger partial charge in [0.05, 0.1) is 23.7 Å². The average molecular weight is 420 g/mol. The molecular weight excluding hydrogens is 401 g/mol. The van der Waals surface area contributed by atoms with E-state index in [-0.39, 0.29) is 36.9 Å². The maximum Gasteiger partial charge on any atom is 0.416 e. The minimum atomic E-state index is -4.56. The lowest BCUT2D eigenvalue weighted by molar-refractivity contribution is -0.137. The third-order valence-corrected chi connectivity index (χ3v) is 5.33. The summed E-state index contributed by atoms with van der Waals surface area (Å²) in [6, 6.07) is 11.3. The fourth-order valence-corrected chi connectivity index (χ4v) is 3.68. The number of rotatable bonds is 3. The van der Waals surface area contributed by atoms with Gasteiger partial charge in [-0.05, 0) is 30.3 Å². The van der Waals surface area contributed by atoms with Gasteiger partial charge in [-0.1, -0.05) is 18.2 Å². The van der Waals surface area contributed by atoms with Crippen molar-refractivity contribution in [2.24, 2.45) is 0 Å². The van der Waals surface area contributed by atoms with Crippen molar-refractivity contribution in [1.29, 1.82) is 0 Å². The van der Waals surface area contributed by atoms with E-state index in [1.54, 1.807) is 24.3 Å². The summed E-state index contributed by atoms with van der Waals surface area (Å²) in [7, 11) is 1.51. The minimum Gasteiger partial charge on any atom is -0.486 e. The van der Waals surface area contributed by atoms with Crippen molar-refractivity contribution in [2.75, 3.05) is 26.7 Å². The van der Waals surface area contributed by atoms with E-state index < -0.39 is 29.8 Å². The van der Waals surface area contributed by atoms with Crippen LogP contribution in [0, 0.1) is 0 Å². The molecule has 2 amide bonds. The molecule has 6 nitrogen and oxygen atoms in total. The highest BCUT2D eigenvalue weighted by Gasteiger charge is 2.44. The van der Waals surface area contributed by atoms with Crippen molar-refractivity contribution >= 4 is 11.8 Å². The third-order valence-electron chi connectivity index (χ3n) is 5.33. The highest BCUT2D eigenvalue weighted by molar-refractivity contribution is 5.97. The van der Waals surface area contributed by atoms with Crippen LogP contribution in [0.2, 0.25) is 0 Å². The van der Waals surface area contributed by atoms with Crippen molar-refractivity contribution in [3.05, 3.63) is 59.7 Å². The number of alkyl halides is 3. The first-order valence-corrected chi connectivity index (χ1v) is 9.35. The SMILES string of the molecule is CN1C(=O)c2cc(C(F)(F)F)ccc2OC2CN(C(=O)COc3ccccc3)CC21. The summed E-state index contributed by atoms with van der Waals surface area (Å²) in [5.74, 6) is -0.179. The predicted molar refractivity (Wildman–Crippen MR) is 100 cm³/mol. The zero-order valence-corrected chi connectivity index (χ0v) is 16.1. The maximum absolute atomic E-state index is 13.0. The molecule has 2 atom stereocenters. The molecule has 2 aromatic rings. The number of para-hydroxylation sites is 1. The summed E-state index contributed by atoms with van der Waals surface area (Å²) in [5.41, 5.74) is -1.04. The van der Waals surface area contributed by atoms with Crippen LogP contribution in [0.4, 0.5) is 13.2 Å². The molecule has 0 aromatic heterocycles. The number of ether oxygens (including phenoxy) is 2. The van der Waals surface area contributed by atoms with Crippen LogP contribution in [0.3, 0.4) is 0 Å². The minimum absolute atomic E-state index is 0.0854. The number of halogens is 3. The largest absolute Gasteiger partial charge is 0.486 e. The molecule has 2 aliphatic heterocycles. The molecule has 2 heterocycles. The Hall–Kier alpha value is -3.23. The molecule has 0 spiro atoms. The Bertz CT molecular complexity index is 964. The standard InChI is InChI=1S/C21H19F3N2O4/c1-25-16-10-26(19(27)12-29-14-5-3-2-4-6-14)11-18(16)30-17-8-7-13(21(22,23)24)9-15(17)20(25)28/h2-9,16,18H,10-12H2,1H3. The molecular formula is C21H19F3N2O4. The normalized spacial score (nSPS) is 20.9. The van der Waals surface area contributed by atoms with Gasteiger partial charge in [0.2, 0.25) is 0 Å². The van der Waals surface area contributed by atoms with Gasteiger partial charge >= 0.3 is 6.18 Å². The van der Waals surface area contributed by atoms with Crippen LogP contribution in [0.25, 0.3) is 0 Å². The van der Waals surface area contributed by atoms with Crippen molar-refractivity contribution in [3.8, 4) is 11.5 Å². The Kier molecular flexibility index (Phi) is 5.05. The molecule has 158 valence electrons. The Morgan fingerprint density at radius 2 is 1.90 bits per heavy atom. The summed E-state index contributed by atoms with van der Waals surface area (Å²) >= 11 is 0. The number of hydrogen-bond donors (Lipinski definition) is 0. The van der Waals surface area contributed by atoms with Gasteiger partial charge in [0.25, 0.3) is 11.8 Å². The molecule has 2 unspecified atom stereocenters. The molecule has 2 aliphatic rings. The zero-order valence-electron chi connectivity index (χ0n) is 16.1. The highest BCUT2D eigenvalue weighted by Crippen LogP contribution is 2.36. The first kappa shape index (κ1) is 20.1. The summed E-state index contributed by atoms with van der Waals surface area (Å²) in [5, 5.41) is 0. The van der Waals surface area contributed by atoms with Crippen LogP contribution in [0.15, 0.2) is 48.5 Å². The van der Waals surface area contributed by atoms with E-state index in [1.807, 2.05) is 6.07 Å². The maximum atomic E-state index is 13.0. The quantitative estimate of drug-likeness (QED) is 0.766. The van der Waals surface area contributed by atoms with Crippen LogP contribution in [-0.4, -0.2) is 60.5 Å². The number of benzene rings is 2. The van der Waals surface area contributed by atoms with Gasteiger partial charge in [0.1, 0.15) is 17.6 Å². The number of nitrogens with zero attached hydrogens (tertiary/aromatic N) is 2. The number of likely N-dealkylation sites (tertiary alicyclic amines) is 1. The Balaban J connectivity index is 1.49. The molecule has 1 saturated heterocycles. The second kappa shape index (κ2) is 7.55. The first-order valence-electron chi connectivity index (χ1n) is 9.35. The molecule has 0 saturated carbocycles. The molecule has 9 heteroatoms. The summed E-state index contributed by atoms with van der Waals surface area (Å²) in [6.07, 6.45) is -5.10. The van der Waals surface area contributed by atoms with Crippen LogP contribution >= 0.6 is 0 Å². The lowest BCUT2D eigenvalue weighted by Gasteiger charge is -2.25. The van der Waals surface area contributed by atoms with Gasteiger partial charge in [-0.15, -0.1) is 0 Å². The summed E-state index contributed by atoms with van der Waals surface area (Å²) in [4.78, 5) is 28.2. The van der Waals surface area contributed by atoms with E-state index in [2.05, 4.69) is 0 Å². The van der Waals surface area contributed by atoms with Crippen LogP contribution in [0.5, 0.6) is 11.5 Å². The lowest BCUT2D eigenvalue weighted by Crippen LogP contribution is -2.44.